The zero-order chi connectivity index (χ0) is 20.1. The Labute approximate surface area is 160 Å². The minimum absolute atomic E-state index is 0.0480. The van der Waals surface area contributed by atoms with Crippen molar-refractivity contribution in [2.24, 2.45) is 5.92 Å². The molecule has 0 aliphatic rings. The smallest absolute Gasteiger partial charge is 0.251 e. The average Bonchev–Trinajstić information content (AvgIpc) is 2.68. The molecule has 1 amide bonds. The highest BCUT2D eigenvalue weighted by Crippen LogP contribution is 2.20. The van der Waals surface area contributed by atoms with Crippen LogP contribution in [0.4, 0.5) is 10.1 Å². The molecule has 0 spiro atoms. The summed E-state index contributed by atoms with van der Waals surface area (Å²) in [6.45, 7) is 2.39. The lowest BCUT2D eigenvalue weighted by Gasteiger charge is -2.11. The van der Waals surface area contributed by atoms with Crippen LogP contribution in [0.15, 0.2) is 53.3 Å². The van der Waals surface area contributed by atoms with Crippen LogP contribution in [-0.4, -0.2) is 17.5 Å². The van der Waals surface area contributed by atoms with Gasteiger partial charge in [-0.15, -0.1) is 0 Å². The van der Waals surface area contributed by atoms with Crippen LogP contribution in [0.25, 0.3) is 10.9 Å². The van der Waals surface area contributed by atoms with Crippen LogP contribution in [-0.2, 0) is 11.2 Å². The van der Waals surface area contributed by atoms with Gasteiger partial charge in [0.1, 0.15) is 17.5 Å². The second-order valence-electron chi connectivity index (χ2n) is 6.19. The fourth-order valence-electron chi connectivity index (χ4n) is 2.82. The van der Waals surface area contributed by atoms with Gasteiger partial charge in [0.25, 0.3) is 5.56 Å². The van der Waals surface area contributed by atoms with E-state index in [2.05, 4.69) is 10.3 Å². The van der Waals surface area contributed by atoms with E-state index >= 15 is 0 Å². The number of amides is 1. The standard InChI is InChI=1S/C21H18FN3O3/c1-2-28-18-7-8-19-13(11-18)9-14(20(26)25-19)10-15(12-23)21(27)24-17-5-3-16(22)4-6-17/h3-9,11,15H,2,10H2,1H3,(H,24,27)(H,25,26)/t15-/m0/s1. The fraction of sp³-hybridized carbons (Fsp3) is 0.190. The Morgan fingerprint density at radius 1 is 1.25 bits per heavy atom. The van der Waals surface area contributed by atoms with E-state index in [0.29, 0.717) is 29.1 Å². The predicted molar refractivity (Wildman–Crippen MR) is 104 cm³/mol. The van der Waals surface area contributed by atoms with E-state index in [-0.39, 0.29) is 12.0 Å². The molecule has 0 saturated carbocycles. The number of nitrogens with zero attached hydrogens (tertiary/aromatic N) is 1. The number of nitrogens with one attached hydrogen (secondary N) is 2. The molecule has 3 rings (SSSR count). The molecule has 2 aromatic carbocycles. The van der Waals surface area contributed by atoms with Crippen LogP contribution in [0.5, 0.6) is 5.75 Å². The molecule has 0 aliphatic heterocycles. The van der Waals surface area contributed by atoms with Gasteiger partial charge in [0.2, 0.25) is 5.91 Å². The summed E-state index contributed by atoms with van der Waals surface area (Å²) < 4.78 is 18.4. The molecule has 1 aromatic heterocycles. The van der Waals surface area contributed by atoms with Crippen molar-refractivity contribution in [3.05, 3.63) is 70.3 Å². The average molecular weight is 379 g/mol. The van der Waals surface area contributed by atoms with E-state index in [4.69, 9.17) is 4.74 Å². The number of benzene rings is 2. The second-order valence-corrected chi connectivity index (χ2v) is 6.19. The molecule has 28 heavy (non-hydrogen) atoms. The maximum atomic E-state index is 13.0. The van der Waals surface area contributed by atoms with E-state index in [1.165, 1.54) is 24.3 Å². The number of aromatic amines is 1. The van der Waals surface area contributed by atoms with Crippen molar-refractivity contribution in [1.29, 1.82) is 5.26 Å². The minimum atomic E-state index is -1.07. The van der Waals surface area contributed by atoms with E-state index in [9.17, 15) is 19.2 Å². The van der Waals surface area contributed by atoms with Crippen molar-refractivity contribution in [3.8, 4) is 11.8 Å². The van der Waals surface area contributed by atoms with Gasteiger partial charge in [-0.2, -0.15) is 5.26 Å². The Morgan fingerprint density at radius 3 is 2.68 bits per heavy atom. The fourth-order valence-corrected chi connectivity index (χ4v) is 2.82. The number of ether oxygens (including phenoxy) is 1. The highest BCUT2D eigenvalue weighted by atomic mass is 19.1. The zero-order valence-electron chi connectivity index (χ0n) is 15.2. The van der Waals surface area contributed by atoms with Crippen molar-refractivity contribution in [1.82, 2.24) is 4.98 Å². The molecule has 0 unspecified atom stereocenters. The Hall–Kier alpha value is -3.66. The summed E-state index contributed by atoms with van der Waals surface area (Å²) in [6, 6.07) is 14.1. The quantitative estimate of drug-likeness (QED) is 0.686. The first-order valence-electron chi connectivity index (χ1n) is 8.75. The second kappa shape index (κ2) is 8.35. The van der Waals surface area contributed by atoms with Crippen molar-refractivity contribution in [3.63, 3.8) is 0 Å². The summed E-state index contributed by atoms with van der Waals surface area (Å²) in [5.74, 6) is -1.39. The van der Waals surface area contributed by atoms with Crippen LogP contribution in [0.1, 0.15) is 12.5 Å². The third-order valence-corrected chi connectivity index (χ3v) is 4.21. The van der Waals surface area contributed by atoms with Gasteiger partial charge in [-0.3, -0.25) is 9.59 Å². The number of carbonyl (C=O) groups excluding carboxylic acids is 1. The zero-order valence-corrected chi connectivity index (χ0v) is 15.2. The van der Waals surface area contributed by atoms with Crippen molar-refractivity contribution in [2.75, 3.05) is 11.9 Å². The lowest BCUT2D eigenvalue weighted by atomic mass is 9.99. The summed E-state index contributed by atoms with van der Waals surface area (Å²) >= 11 is 0. The molecule has 142 valence electrons. The van der Waals surface area contributed by atoms with Gasteiger partial charge >= 0.3 is 0 Å². The number of pyridine rings is 1. The predicted octanol–water partition coefficient (Wildman–Crippen LogP) is 3.39. The molecule has 1 heterocycles. The lowest BCUT2D eigenvalue weighted by molar-refractivity contribution is -0.118. The summed E-state index contributed by atoms with van der Waals surface area (Å²) in [6.07, 6.45) is -0.0480. The summed E-state index contributed by atoms with van der Waals surface area (Å²) in [5.41, 5.74) is 0.982. The van der Waals surface area contributed by atoms with Crippen molar-refractivity contribution in [2.45, 2.75) is 13.3 Å². The maximum Gasteiger partial charge on any atom is 0.251 e. The Morgan fingerprint density at radius 2 is 2.00 bits per heavy atom. The van der Waals surface area contributed by atoms with Crippen molar-refractivity contribution >= 4 is 22.5 Å². The van der Waals surface area contributed by atoms with Crippen LogP contribution in [0, 0.1) is 23.1 Å². The molecular formula is C21H18FN3O3. The van der Waals surface area contributed by atoms with Crippen LogP contribution >= 0.6 is 0 Å². The molecule has 0 bridgehead atoms. The first-order valence-corrected chi connectivity index (χ1v) is 8.75. The Bertz CT molecular complexity index is 1100. The Kier molecular flexibility index (Phi) is 5.70. The number of halogens is 1. The van der Waals surface area contributed by atoms with Crippen LogP contribution in [0.2, 0.25) is 0 Å². The molecule has 3 aromatic rings. The molecule has 0 saturated heterocycles. The highest BCUT2D eigenvalue weighted by Gasteiger charge is 2.20. The van der Waals surface area contributed by atoms with Crippen LogP contribution < -0.4 is 15.6 Å². The van der Waals surface area contributed by atoms with Gasteiger partial charge < -0.3 is 15.0 Å². The number of anilines is 1. The van der Waals surface area contributed by atoms with Gasteiger partial charge in [0.15, 0.2) is 0 Å². The number of nitriles is 1. The lowest BCUT2D eigenvalue weighted by Crippen LogP contribution is -2.26. The van der Waals surface area contributed by atoms with Gasteiger partial charge in [-0.25, -0.2) is 4.39 Å². The molecule has 2 N–H and O–H groups in total. The summed E-state index contributed by atoms with van der Waals surface area (Å²) in [7, 11) is 0. The first-order chi connectivity index (χ1) is 13.5. The molecule has 7 heteroatoms. The number of rotatable bonds is 6. The molecule has 0 aliphatic carbocycles. The van der Waals surface area contributed by atoms with E-state index in [0.717, 1.165) is 5.39 Å². The van der Waals surface area contributed by atoms with Crippen LogP contribution in [0.3, 0.4) is 0 Å². The number of hydrogen-bond acceptors (Lipinski definition) is 4. The van der Waals surface area contributed by atoms with E-state index in [1.54, 1.807) is 24.3 Å². The van der Waals surface area contributed by atoms with Gasteiger partial charge in [0, 0.05) is 28.6 Å². The Balaban J connectivity index is 1.83. The number of carbonyl (C=O) groups is 1. The number of aromatic nitrogens is 1. The summed E-state index contributed by atoms with van der Waals surface area (Å²) in [4.78, 5) is 27.5. The van der Waals surface area contributed by atoms with E-state index < -0.39 is 17.6 Å². The SMILES string of the molecule is CCOc1ccc2[nH]c(=O)c(C[C@@H](C#N)C(=O)Nc3ccc(F)cc3)cc2c1. The third kappa shape index (κ3) is 4.35. The minimum Gasteiger partial charge on any atom is -0.494 e. The summed E-state index contributed by atoms with van der Waals surface area (Å²) in [5, 5.41) is 12.7. The number of hydrogen-bond donors (Lipinski definition) is 2. The number of H-pyrrole nitrogens is 1. The van der Waals surface area contributed by atoms with Gasteiger partial charge in [-0.05, 0) is 55.5 Å². The molecule has 1 atom stereocenters. The monoisotopic (exact) mass is 379 g/mol. The number of fused-ring (bicyclic) bond motifs is 1. The molecule has 0 radical (unpaired) electrons. The molecule has 6 nitrogen and oxygen atoms in total. The molecular weight excluding hydrogens is 361 g/mol. The van der Waals surface area contributed by atoms with Gasteiger partial charge in [-0.1, -0.05) is 0 Å². The maximum absolute atomic E-state index is 13.0. The third-order valence-electron chi connectivity index (χ3n) is 4.21. The first kappa shape index (κ1) is 19.1. The molecule has 0 fully saturated rings. The normalized spacial score (nSPS) is 11.6. The van der Waals surface area contributed by atoms with Gasteiger partial charge in [0.05, 0.1) is 12.7 Å². The van der Waals surface area contributed by atoms with E-state index in [1.807, 2.05) is 13.0 Å². The topological polar surface area (TPSA) is 95.0 Å². The van der Waals surface area contributed by atoms with Crippen molar-refractivity contribution < 1.29 is 13.9 Å². The highest BCUT2D eigenvalue weighted by molar-refractivity contribution is 5.94. The largest absolute Gasteiger partial charge is 0.494 e.